The van der Waals surface area contributed by atoms with Crippen LogP contribution in [-0.4, -0.2) is 27.7 Å². The van der Waals surface area contributed by atoms with Crippen LogP contribution in [0.3, 0.4) is 0 Å². The molecule has 0 aliphatic carbocycles. The Labute approximate surface area is 148 Å². The second-order valence-electron chi connectivity index (χ2n) is 5.20. The number of imide groups is 1. The van der Waals surface area contributed by atoms with Crippen LogP contribution in [0.2, 0.25) is 5.02 Å². The van der Waals surface area contributed by atoms with Crippen molar-refractivity contribution in [3.05, 3.63) is 64.7 Å². The Kier molecular flexibility index (Phi) is 4.87. The average molecular weight is 361 g/mol. The zero-order chi connectivity index (χ0) is 17.1. The first kappa shape index (κ1) is 16.5. The smallest absolute Gasteiger partial charge is 0.289 e. The maximum Gasteiger partial charge on any atom is 0.289 e. The molecule has 0 spiro atoms. The normalized spacial score (nSPS) is 14.1. The molecule has 2 aromatic rings. The van der Waals surface area contributed by atoms with E-state index in [1.54, 1.807) is 48.5 Å². The molecule has 1 fully saturated rings. The number of benzene rings is 2. The lowest BCUT2D eigenvalue weighted by Crippen LogP contribution is -2.28. The van der Waals surface area contributed by atoms with E-state index in [1.165, 1.54) is 4.90 Å². The van der Waals surface area contributed by atoms with Crippen molar-refractivity contribution in [3.63, 3.8) is 0 Å². The van der Waals surface area contributed by atoms with E-state index >= 15 is 0 Å². The summed E-state index contributed by atoms with van der Waals surface area (Å²) in [6, 6.07) is 13.7. The summed E-state index contributed by atoms with van der Waals surface area (Å²) in [7, 11) is 0. The van der Waals surface area contributed by atoms with Gasteiger partial charge >= 0.3 is 0 Å². The lowest BCUT2D eigenvalue weighted by Gasteiger charge is -2.13. The number of amides is 3. The number of hydrogen-bond acceptors (Lipinski definition) is 4. The van der Waals surface area contributed by atoms with E-state index in [2.05, 4.69) is 5.32 Å². The van der Waals surface area contributed by atoms with Gasteiger partial charge in [0.2, 0.25) is 5.91 Å². The minimum absolute atomic E-state index is 0.173. The highest BCUT2D eigenvalue weighted by Crippen LogP contribution is 2.22. The molecule has 1 aliphatic rings. The van der Waals surface area contributed by atoms with Gasteiger partial charge < -0.3 is 5.32 Å². The number of anilines is 1. The maximum absolute atomic E-state index is 12.3. The zero-order valence-corrected chi connectivity index (χ0v) is 14.1. The van der Waals surface area contributed by atoms with Crippen molar-refractivity contribution in [2.24, 2.45) is 0 Å². The molecule has 5 nitrogen and oxygen atoms in total. The SMILES string of the molecule is O=C(Nc1ccc(Cl)cc1)c1cccc(CN2C(=O)CSC2=O)c1. The van der Waals surface area contributed by atoms with Gasteiger partial charge in [0.25, 0.3) is 11.1 Å². The van der Waals surface area contributed by atoms with E-state index in [0.717, 1.165) is 17.3 Å². The van der Waals surface area contributed by atoms with E-state index < -0.39 is 0 Å². The summed E-state index contributed by atoms with van der Waals surface area (Å²) in [5.41, 5.74) is 1.81. The molecule has 122 valence electrons. The molecule has 1 heterocycles. The standard InChI is InChI=1S/C17H13ClN2O3S/c18-13-4-6-14(7-5-13)19-16(22)12-3-1-2-11(8-12)9-20-15(21)10-24-17(20)23/h1-8H,9-10H2,(H,19,22). The van der Waals surface area contributed by atoms with E-state index in [1.807, 2.05) is 0 Å². The van der Waals surface area contributed by atoms with E-state index in [0.29, 0.717) is 16.3 Å². The molecule has 0 aromatic heterocycles. The van der Waals surface area contributed by atoms with Crippen molar-refractivity contribution in [3.8, 4) is 0 Å². The topological polar surface area (TPSA) is 66.5 Å². The van der Waals surface area contributed by atoms with Crippen LogP contribution in [0.25, 0.3) is 0 Å². The summed E-state index contributed by atoms with van der Waals surface area (Å²) in [5.74, 6) is -0.302. The van der Waals surface area contributed by atoms with Crippen LogP contribution in [0.5, 0.6) is 0 Å². The van der Waals surface area contributed by atoms with Crippen molar-refractivity contribution in [2.45, 2.75) is 6.54 Å². The number of carbonyl (C=O) groups excluding carboxylic acids is 3. The van der Waals surface area contributed by atoms with Crippen LogP contribution in [0.15, 0.2) is 48.5 Å². The first-order valence-electron chi connectivity index (χ1n) is 7.16. The van der Waals surface area contributed by atoms with Gasteiger partial charge in [-0.15, -0.1) is 0 Å². The molecular formula is C17H13ClN2O3S. The van der Waals surface area contributed by atoms with Gasteiger partial charge in [-0.2, -0.15) is 0 Å². The summed E-state index contributed by atoms with van der Waals surface area (Å²) in [6.07, 6.45) is 0. The number of nitrogens with one attached hydrogen (secondary N) is 1. The monoisotopic (exact) mass is 360 g/mol. The number of thioether (sulfide) groups is 1. The Morgan fingerprint density at radius 3 is 2.58 bits per heavy atom. The average Bonchev–Trinajstić information content (AvgIpc) is 2.89. The van der Waals surface area contributed by atoms with Crippen molar-refractivity contribution in [1.82, 2.24) is 4.90 Å². The van der Waals surface area contributed by atoms with Crippen LogP contribution in [-0.2, 0) is 11.3 Å². The number of nitrogens with zero attached hydrogens (tertiary/aromatic N) is 1. The predicted molar refractivity (Wildman–Crippen MR) is 94.3 cm³/mol. The lowest BCUT2D eigenvalue weighted by molar-refractivity contribution is -0.125. The van der Waals surface area contributed by atoms with Crippen molar-refractivity contribution >= 4 is 46.1 Å². The number of carbonyl (C=O) groups is 3. The highest BCUT2D eigenvalue weighted by molar-refractivity contribution is 8.14. The first-order chi connectivity index (χ1) is 11.5. The van der Waals surface area contributed by atoms with Crippen LogP contribution >= 0.6 is 23.4 Å². The third kappa shape index (κ3) is 3.77. The first-order valence-corrected chi connectivity index (χ1v) is 8.52. The summed E-state index contributed by atoms with van der Waals surface area (Å²) in [4.78, 5) is 36.8. The largest absolute Gasteiger partial charge is 0.322 e. The van der Waals surface area contributed by atoms with Gasteiger partial charge in [0.1, 0.15) is 0 Å². The molecule has 3 amide bonds. The molecule has 0 radical (unpaired) electrons. The third-order valence-electron chi connectivity index (χ3n) is 3.47. The fourth-order valence-electron chi connectivity index (χ4n) is 2.26. The Morgan fingerprint density at radius 2 is 1.92 bits per heavy atom. The molecule has 0 atom stereocenters. The van der Waals surface area contributed by atoms with Gasteiger partial charge in [-0.05, 0) is 42.0 Å². The molecule has 2 aromatic carbocycles. The lowest BCUT2D eigenvalue weighted by atomic mass is 10.1. The molecule has 1 aliphatic heterocycles. The Bertz CT molecular complexity index is 792. The Hall–Kier alpha value is -2.31. The fraction of sp³-hybridized carbons (Fsp3) is 0.118. The number of hydrogen-bond donors (Lipinski definition) is 1. The van der Waals surface area contributed by atoms with Crippen molar-refractivity contribution in [2.75, 3.05) is 11.1 Å². The van der Waals surface area contributed by atoms with Gasteiger partial charge in [-0.1, -0.05) is 35.5 Å². The van der Waals surface area contributed by atoms with Crippen LogP contribution in [0.4, 0.5) is 10.5 Å². The number of rotatable bonds is 4. The second kappa shape index (κ2) is 7.07. The molecule has 1 saturated heterocycles. The summed E-state index contributed by atoms with van der Waals surface area (Å²) >= 11 is 6.81. The molecule has 1 N–H and O–H groups in total. The second-order valence-corrected chi connectivity index (χ2v) is 6.56. The van der Waals surface area contributed by atoms with Crippen LogP contribution in [0, 0.1) is 0 Å². The summed E-state index contributed by atoms with van der Waals surface area (Å²) in [5, 5.41) is 3.11. The Morgan fingerprint density at radius 1 is 1.17 bits per heavy atom. The molecule has 0 bridgehead atoms. The van der Waals surface area contributed by atoms with Crippen LogP contribution in [0.1, 0.15) is 15.9 Å². The summed E-state index contributed by atoms with van der Waals surface area (Å²) < 4.78 is 0. The highest BCUT2D eigenvalue weighted by Gasteiger charge is 2.29. The molecule has 7 heteroatoms. The van der Waals surface area contributed by atoms with Gasteiger partial charge in [0.05, 0.1) is 12.3 Å². The third-order valence-corrected chi connectivity index (χ3v) is 4.58. The highest BCUT2D eigenvalue weighted by atomic mass is 35.5. The Balaban J connectivity index is 1.72. The van der Waals surface area contributed by atoms with Gasteiger partial charge in [-0.3, -0.25) is 19.3 Å². The molecule has 3 rings (SSSR count). The molecule has 0 unspecified atom stereocenters. The van der Waals surface area contributed by atoms with Gasteiger partial charge in [-0.25, -0.2) is 0 Å². The minimum atomic E-state index is -0.271. The predicted octanol–water partition coefficient (Wildman–Crippen LogP) is 3.79. The summed E-state index contributed by atoms with van der Waals surface area (Å²) in [6.45, 7) is 0.173. The fourth-order valence-corrected chi connectivity index (χ4v) is 3.11. The quantitative estimate of drug-likeness (QED) is 0.900. The minimum Gasteiger partial charge on any atom is -0.322 e. The van der Waals surface area contributed by atoms with Gasteiger partial charge in [0.15, 0.2) is 0 Å². The molecule has 24 heavy (non-hydrogen) atoms. The van der Waals surface area contributed by atoms with E-state index in [-0.39, 0.29) is 29.4 Å². The maximum atomic E-state index is 12.3. The van der Waals surface area contributed by atoms with Crippen LogP contribution < -0.4 is 5.32 Å². The molecule has 0 saturated carbocycles. The van der Waals surface area contributed by atoms with Crippen molar-refractivity contribution < 1.29 is 14.4 Å². The van der Waals surface area contributed by atoms with E-state index in [9.17, 15) is 14.4 Å². The van der Waals surface area contributed by atoms with Gasteiger partial charge in [0, 0.05) is 16.3 Å². The zero-order valence-electron chi connectivity index (χ0n) is 12.5. The molecular weight excluding hydrogens is 348 g/mol. The van der Waals surface area contributed by atoms with Crippen molar-refractivity contribution in [1.29, 1.82) is 0 Å². The number of halogens is 1. The van der Waals surface area contributed by atoms with E-state index in [4.69, 9.17) is 11.6 Å².